The van der Waals surface area contributed by atoms with Crippen LogP contribution in [0.2, 0.25) is 0 Å². The molecule has 2 unspecified atom stereocenters. The van der Waals surface area contributed by atoms with E-state index in [0.29, 0.717) is 5.92 Å². The molecule has 1 aliphatic heterocycles. The normalized spacial score (nSPS) is 19.2. The van der Waals surface area contributed by atoms with Crippen molar-refractivity contribution in [3.8, 4) is 0 Å². The van der Waals surface area contributed by atoms with E-state index in [1.54, 1.807) is 4.90 Å². The third kappa shape index (κ3) is 4.20. The Morgan fingerprint density at radius 3 is 2.65 bits per heavy atom. The number of carbonyl (C=O) groups excluding carboxylic acids is 1. The van der Waals surface area contributed by atoms with Crippen molar-refractivity contribution in [2.75, 3.05) is 26.8 Å². The lowest BCUT2D eigenvalue weighted by molar-refractivity contribution is -0.132. The zero-order chi connectivity index (χ0) is 13.8. The Morgan fingerprint density at radius 2 is 2.10 bits per heavy atom. The van der Waals surface area contributed by atoms with Gasteiger partial charge in [-0.2, -0.15) is 0 Å². The van der Waals surface area contributed by atoms with Crippen LogP contribution in [0.3, 0.4) is 0 Å². The highest BCUT2D eigenvalue weighted by atomic mass is 35.5. The van der Waals surface area contributed by atoms with Gasteiger partial charge in [0.1, 0.15) is 6.04 Å². The number of aryl methyl sites for hydroxylation is 1. The molecule has 112 valence electrons. The van der Waals surface area contributed by atoms with Crippen molar-refractivity contribution in [2.45, 2.75) is 19.4 Å². The average Bonchev–Trinajstić information content (AvgIpc) is 2.90. The number of nitrogens with two attached hydrogens (primary N) is 1. The molecular weight excluding hydrogens is 276 g/mol. The molecule has 1 aliphatic rings. The molecule has 1 heterocycles. The fourth-order valence-electron chi connectivity index (χ4n) is 2.36. The predicted octanol–water partition coefficient (Wildman–Crippen LogP) is 1.91. The number of hydrogen-bond acceptors (Lipinski definition) is 3. The van der Waals surface area contributed by atoms with Gasteiger partial charge in [-0.25, -0.2) is 0 Å². The first kappa shape index (κ1) is 17.0. The number of nitrogens with zero attached hydrogens (tertiary/aromatic N) is 1. The van der Waals surface area contributed by atoms with Crippen molar-refractivity contribution in [3.63, 3.8) is 0 Å². The minimum atomic E-state index is -0.576. The molecule has 0 aliphatic carbocycles. The molecular formula is C15H23ClN2O2. The van der Waals surface area contributed by atoms with Crippen molar-refractivity contribution in [3.05, 3.63) is 35.4 Å². The van der Waals surface area contributed by atoms with Gasteiger partial charge in [0.15, 0.2) is 0 Å². The highest BCUT2D eigenvalue weighted by Gasteiger charge is 2.24. The summed E-state index contributed by atoms with van der Waals surface area (Å²) in [6.45, 7) is 4.29. The Balaban J connectivity index is 0.00000200. The van der Waals surface area contributed by atoms with Gasteiger partial charge in [0.25, 0.3) is 0 Å². The Kier molecular flexibility index (Phi) is 6.46. The molecule has 0 saturated carbocycles. The smallest absolute Gasteiger partial charge is 0.243 e. The molecule has 5 heteroatoms. The molecule has 1 aromatic rings. The van der Waals surface area contributed by atoms with Gasteiger partial charge in [0, 0.05) is 26.1 Å². The van der Waals surface area contributed by atoms with E-state index in [2.05, 4.69) is 0 Å². The van der Waals surface area contributed by atoms with E-state index in [1.165, 1.54) is 5.56 Å². The highest BCUT2D eigenvalue weighted by molar-refractivity contribution is 5.85. The van der Waals surface area contributed by atoms with Crippen molar-refractivity contribution in [1.82, 2.24) is 4.90 Å². The zero-order valence-electron chi connectivity index (χ0n) is 12.0. The maximum atomic E-state index is 12.3. The zero-order valence-corrected chi connectivity index (χ0v) is 12.9. The van der Waals surface area contributed by atoms with Crippen LogP contribution in [0.15, 0.2) is 24.3 Å². The summed E-state index contributed by atoms with van der Waals surface area (Å²) in [4.78, 5) is 14.0. The van der Waals surface area contributed by atoms with E-state index in [4.69, 9.17) is 10.5 Å². The van der Waals surface area contributed by atoms with Gasteiger partial charge in [0.05, 0.1) is 6.61 Å². The van der Waals surface area contributed by atoms with Gasteiger partial charge < -0.3 is 15.4 Å². The molecule has 2 rings (SSSR count). The summed E-state index contributed by atoms with van der Waals surface area (Å²) in [6, 6.07) is 7.22. The number of benzene rings is 1. The van der Waals surface area contributed by atoms with Crippen LogP contribution in [0, 0.1) is 12.8 Å². The number of ether oxygens (including phenoxy) is 1. The maximum Gasteiger partial charge on any atom is 0.243 e. The van der Waals surface area contributed by atoms with Crippen molar-refractivity contribution in [2.24, 2.45) is 11.7 Å². The van der Waals surface area contributed by atoms with Crippen LogP contribution in [-0.4, -0.2) is 37.6 Å². The monoisotopic (exact) mass is 298 g/mol. The SMILES string of the molecule is Cc1ccc(C(N)C(=O)N(C)CC2CCOC2)cc1.Cl. The molecule has 0 radical (unpaired) electrons. The topological polar surface area (TPSA) is 55.6 Å². The van der Waals surface area contributed by atoms with Crippen LogP contribution in [0.4, 0.5) is 0 Å². The number of hydrogen-bond donors (Lipinski definition) is 1. The van der Waals surface area contributed by atoms with Crippen LogP contribution in [0.1, 0.15) is 23.6 Å². The summed E-state index contributed by atoms with van der Waals surface area (Å²) in [5.41, 5.74) is 8.07. The minimum Gasteiger partial charge on any atom is -0.381 e. The number of rotatable bonds is 4. The van der Waals surface area contributed by atoms with Gasteiger partial charge in [-0.1, -0.05) is 29.8 Å². The van der Waals surface area contributed by atoms with Crippen LogP contribution in [0.25, 0.3) is 0 Å². The fourth-order valence-corrected chi connectivity index (χ4v) is 2.36. The molecule has 0 bridgehead atoms. The third-order valence-electron chi connectivity index (χ3n) is 3.63. The Hall–Kier alpha value is -1.10. The van der Waals surface area contributed by atoms with E-state index in [-0.39, 0.29) is 18.3 Å². The van der Waals surface area contributed by atoms with E-state index in [0.717, 1.165) is 31.7 Å². The summed E-state index contributed by atoms with van der Waals surface area (Å²) in [5, 5.41) is 0. The van der Waals surface area contributed by atoms with Gasteiger partial charge in [-0.05, 0) is 18.9 Å². The average molecular weight is 299 g/mol. The van der Waals surface area contributed by atoms with E-state index < -0.39 is 6.04 Å². The molecule has 1 aromatic carbocycles. The molecule has 1 fully saturated rings. The molecule has 20 heavy (non-hydrogen) atoms. The number of amides is 1. The number of halogens is 1. The standard InChI is InChI=1S/C15H22N2O2.ClH/c1-11-3-5-13(6-4-11)14(16)15(18)17(2)9-12-7-8-19-10-12;/h3-6,12,14H,7-10,16H2,1-2H3;1H. The van der Waals surface area contributed by atoms with Crippen molar-refractivity contribution in [1.29, 1.82) is 0 Å². The summed E-state index contributed by atoms with van der Waals surface area (Å²) < 4.78 is 5.33. The molecule has 1 saturated heterocycles. The quantitative estimate of drug-likeness (QED) is 0.924. The van der Waals surface area contributed by atoms with Crippen LogP contribution in [-0.2, 0) is 9.53 Å². The summed E-state index contributed by atoms with van der Waals surface area (Å²) >= 11 is 0. The first-order valence-electron chi connectivity index (χ1n) is 6.73. The van der Waals surface area contributed by atoms with Crippen LogP contribution >= 0.6 is 12.4 Å². The second-order valence-electron chi connectivity index (χ2n) is 5.34. The Morgan fingerprint density at radius 1 is 1.45 bits per heavy atom. The lowest BCUT2D eigenvalue weighted by Crippen LogP contribution is -2.38. The first-order chi connectivity index (χ1) is 9.08. The maximum absolute atomic E-state index is 12.3. The summed E-state index contributed by atoms with van der Waals surface area (Å²) in [7, 11) is 1.81. The fraction of sp³-hybridized carbons (Fsp3) is 0.533. The third-order valence-corrected chi connectivity index (χ3v) is 3.63. The molecule has 2 atom stereocenters. The van der Waals surface area contributed by atoms with Crippen LogP contribution < -0.4 is 5.73 Å². The summed E-state index contributed by atoms with van der Waals surface area (Å²) in [6.07, 6.45) is 1.03. The number of likely N-dealkylation sites (N-methyl/N-ethyl adjacent to an activating group) is 1. The van der Waals surface area contributed by atoms with Gasteiger partial charge >= 0.3 is 0 Å². The van der Waals surface area contributed by atoms with Gasteiger partial charge in [-0.15, -0.1) is 12.4 Å². The van der Waals surface area contributed by atoms with E-state index in [1.807, 2.05) is 38.2 Å². The Bertz CT molecular complexity index is 430. The van der Waals surface area contributed by atoms with Gasteiger partial charge in [0.2, 0.25) is 5.91 Å². The van der Waals surface area contributed by atoms with E-state index in [9.17, 15) is 4.79 Å². The highest BCUT2D eigenvalue weighted by Crippen LogP contribution is 2.17. The van der Waals surface area contributed by atoms with Crippen LogP contribution in [0.5, 0.6) is 0 Å². The lowest BCUT2D eigenvalue weighted by Gasteiger charge is -2.24. The second kappa shape index (κ2) is 7.62. The predicted molar refractivity (Wildman–Crippen MR) is 81.9 cm³/mol. The van der Waals surface area contributed by atoms with Crippen molar-refractivity contribution < 1.29 is 9.53 Å². The largest absolute Gasteiger partial charge is 0.381 e. The molecule has 4 nitrogen and oxygen atoms in total. The van der Waals surface area contributed by atoms with E-state index >= 15 is 0 Å². The minimum absolute atomic E-state index is 0. The molecule has 2 N–H and O–H groups in total. The first-order valence-corrected chi connectivity index (χ1v) is 6.73. The molecule has 0 spiro atoms. The molecule has 1 amide bonds. The Labute approximate surface area is 126 Å². The van der Waals surface area contributed by atoms with Crippen molar-refractivity contribution >= 4 is 18.3 Å². The molecule has 0 aromatic heterocycles. The lowest BCUT2D eigenvalue weighted by atomic mass is 10.0. The summed E-state index contributed by atoms with van der Waals surface area (Å²) in [5.74, 6) is 0.412. The van der Waals surface area contributed by atoms with Gasteiger partial charge in [-0.3, -0.25) is 4.79 Å². The number of carbonyl (C=O) groups is 1. The second-order valence-corrected chi connectivity index (χ2v) is 5.34.